The van der Waals surface area contributed by atoms with Gasteiger partial charge in [0.25, 0.3) is 0 Å². The Balaban J connectivity index is 2.26. The van der Waals surface area contributed by atoms with E-state index < -0.39 is 0 Å². The lowest BCUT2D eigenvalue weighted by molar-refractivity contribution is 0.288. The third kappa shape index (κ3) is 1.87. The lowest BCUT2D eigenvalue weighted by atomic mass is 10.1. The van der Waals surface area contributed by atoms with E-state index in [0.717, 1.165) is 18.4 Å². The number of hydrogen-bond acceptors (Lipinski definition) is 3. The van der Waals surface area contributed by atoms with Gasteiger partial charge in [0.05, 0.1) is 10.2 Å². The van der Waals surface area contributed by atoms with Crippen LogP contribution in [0.15, 0.2) is 23.7 Å². The molecular formula is C10H11NOS. The van der Waals surface area contributed by atoms with Gasteiger partial charge in [-0.1, -0.05) is 0 Å². The number of fused-ring (bicyclic) bond motifs is 1. The van der Waals surface area contributed by atoms with Crippen LogP contribution in [0.3, 0.4) is 0 Å². The van der Waals surface area contributed by atoms with Crippen molar-refractivity contribution in [3.63, 3.8) is 0 Å². The molecule has 0 aliphatic rings. The number of aryl methyl sites for hydroxylation is 1. The normalized spacial score (nSPS) is 10.8. The number of aliphatic hydroxyl groups excluding tert-OH is 1. The van der Waals surface area contributed by atoms with E-state index in [1.165, 1.54) is 10.3 Å². The van der Waals surface area contributed by atoms with Crippen LogP contribution >= 0.6 is 11.3 Å². The summed E-state index contributed by atoms with van der Waals surface area (Å²) in [5.74, 6) is 0. The number of nitrogens with zero attached hydrogens (tertiary/aromatic N) is 1. The Morgan fingerprint density at radius 3 is 3.23 bits per heavy atom. The number of thiophene rings is 1. The molecule has 0 amide bonds. The van der Waals surface area contributed by atoms with Crippen LogP contribution in [-0.4, -0.2) is 16.7 Å². The highest BCUT2D eigenvalue weighted by molar-refractivity contribution is 7.17. The molecule has 13 heavy (non-hydrogen) atoms. The molecule has 0 fully saturated rings. The Hall–Kier alpha value is -0.930. The minimum atomic E-state index is 0.252. The predicted octanol–water partition coefficient (Wildman–Crippen LogP) is 2.22. The second kappa shape index (κ2) is 3.85. The fourth-order valence-corrected chi connectivity index (χ4v) is 2.11. The second-order valence-corrected chi connectivity index (χ2v) is 3.92. The first-order valence-electron chi connectivity index (χ1n) is 4.33. The smallest absolute Gasteiger partial charge is 0.0809 e. The van der Waals surface area contributed by atoms with Crippen molar-refractivity contribution in [1.29, 1.82) is 0 Å². The summed E-state index contributed by atoms with van der Waals surface area (Å²) in [7, 11) is 0. The maximum Gasteiger partial charge on any atom is 0.0809 e. The van der Waals surface area contributed by atoms with Gasteiger partial charge in [0.2, 0.25) is 0 Å². The molecule has 1 N–H and O–H groups in total. The van der Waals surface area contributed by atoms with Crippen molar-refractivity contribution in [2.45, 2.75) is 12.8 Å². The molecule has 0 unspecified atom stereocenters. The van der Waals surface area contributed by atoms with E-state index in [0.29, 0.717) is 0 Å². The third-order valence-corrected chi connectivity index (χ3v) is 2.84. The van der Waals surface area contributed by atoms with E-state index in [4.69, 9.17) is 5.11 Å². The van der Waals surface area contributed by atoms with Gasteiger partial charge in [-0.05, 0) is 35.9 Å². The highest BCUT2D eigenvalue weighted by atomic mass is 32.1. The van der Waals surface area contributed by atoms with Crippen molar-refractivity contribution >= 4 is 21.6 Å². The fourth-order valence-electron chi connectivity index (χ4n) is 1.31. The second-order valence-electron chi connectivity index (χ2n) is 2.97. The molecule has 0 saturated heterocycles. The van der Waals surface area contributed by atoms with E-state index in [-0.39, 0.29) is 6.61 Å². The van der Waals surface area contributed by atoms with E-state index >= 15 is 0 Å². The average Bonchev–Trinajstić information content (AvgIpc) is 2.61. The zero-order valence-corrected chi connectivity index (χ0v) is 8.05. The summed E-state index contributed by atoms with van der Waals surface area (Å²) in [6.07, 6.45) is 3.63. The monoisotopic (exact) mass is 193 g/mol. The van der Waals surface area contributed by atoms with Gasteiger partial charge in [0, 0.05) is 12.8 Å². The van der Waals surface area contributed by atoms with Crippen LogP contribution < -0.4 is 0 Å². The van der Waals surface area contributed by atoms with Gasteiger partial charge in [-0.25, -0.2) is 0 Å². The van der Waals surface area contributed by atoms with Crippen LogP contribution in [0, 0.1) is 0 Å². The molecule has 0 saturated carbocycles. The molecule has 0 spiro atoms. The molecule has 2 nitrogen and oxygen atoms in total. The number of aromatic nitrogens is 1. The Morgan fingerprint density at radius 2 is 2.38 bits per heavy atom. The van der Waals surface area contributed by atoms with Crippen LogP contribution in [0.4, 0.5) is 0 Å². The largest absolute Gasteiger partial charge is 0.396 e. The maximum atomic E-state index is 8.68. The van der Waals surface area contributed by atoms with Gasteiger partial charge in [-0.3, -0.25) is 4.98 Å². The third-order valence-electron chi connectivity index (χ3n) is 1.98. The van der Waals surface area contributed by atoms with Crippen molar-refractivity contribution < 1.29 is 5.11 Å². The van der Waals surface area contributed by atoms with Gasteiger partial charge in [0.15, 0.2) is 0 Å². The van der Waals surface area contributed by atoms with E-state index in [1.807, 2.05) is 17.6 Å². The summed E-state index contributed by atoms with van der Waals surface area (Å²) in [4.78, 5) is 4.32. The van der Waals surface area contributed by atoms with E-state index in [1.54, 1.807) is 11.3 Å². The maximum absolute atomic E-state index is 8.68. The summed E-state index contributed by atoms with van der Waals surface area (Å²) >= 11 is 1.71. The van der Waals surface area contributed by atoms with Crippen molar-refractivity contribution in [2.75, 3.05) is 6.61 Å². The predicted molar refractivity (Wildman–Crippen MR) is 55.0 cm³/mol. The van der Waals surface area contributed by atoms with Gasteiger partial charge >= 0.3 is 0 Å². The first kappa shape index (κ1) is 8.66. The van der Waals surface area contributed by atoms with Gasteiger partial charge < -0.3 is 5.11 Å². The average molecular weight is 193 g/mol. The zero-order chi connectivity index (χ0) is 9.10. The van der Waals surface area contributed by atoms with Crippen molar-refractivity contribution in [2.24, 2.45) is 0 Å². The first-order chi connectivity index (χ1) is 6.40. The minimum absolute atomic E-state index is 0.252. The number of hydrogen-bond donors (Lipinski definition) is 1. The molecule has 2 heterocycles. The summed E-state index contributed by atoms with van der Waals surface area (Å²) in [6.45, 7) is 0.252. The molecule has 2 aromatic rings. The lowest BCUT2D eigenvalue weighted by Gasteiger charge is -1.98. The van der Waals surface area contributed by atoms with Crippen LogP contribution in [0.1, 0.15) is 12.0 Å². The SMILES string of the molecule is OCCCc1cnc2ccsc2c1. The molecule has 68 valence electrons. The quantitative estimate of drug-likeness (QED) is 0.810. The molecule has 2 aromatic heterocycles. The summed E-state index contributed by atoms with van der Waals surface area (Å²) in [5, 5.41) is 10.7. The molecule has 0 aromatic carbocycles. The summed E-state index contributed by atoms with van der Waals surface area (Å²) < 4.78 is 1.23. The first-order valence-corrected chi connectivity index (χ1v) is 5.21. The van der Waals surface area contributed by atoms with Crippen LogP contribution in [0.5, 0.6) is 0 Å². The molecule has 0 bridgehead atoms. The van der Waals surface area contributed by atoms with Crippen molar-refractivity contribution in [1.82, 2.24) is 4.98 Å². The van der Waals surface area contributed by atoms with E-state index in [9.17, 15) is 0 Å². The molecule has 0 radical (unpaired) electrons. The van der Waals surface area contributed by atoms with Gasteiger partial charge in [0.1, 0.15) is 0 Å². The highest BCUT2D eigenvalue weighted by Crippen LogP contribution is 2.19. The summed E-state index contributed by atoms with van der Waals surface area (Å²) in [5.41, 5.74) is 2.28. The number of pyridine rings is 1. The van der Waals surface area contributed by atoms with Gasteiger partial charge in [-0.15, -0.1) is 11.3 Å². The summed E-state index contributed by atoms with van der Waals surface area (Å²) in [6, 6.07) is 4.18. The van der Waals surface area contributed by atoms with Crippen molar-refractivity contribution in [3.8, 4) is 0 Å². The molecule has 0 aliphatic heterocycles. The molecule has 0 aliphatic carbocycles. The number of aliphatic hydroxyl groups is 1. The highest BCUT2D eigenvalue weighted by Gasteiger charge is 1.98. The van der Waals surface area contributed by atoms with E-state index in [2.05, 4.69) is 11.1 Å². The topological polar surface area (TPSA) is 33.1 Å². The zero-order valence-electron chi connectivity index (χ0n) is 7.23. The van der Waals surface area contributed by atoms with Crippen LogP contribution in [0.2, 0.25) is 0 Å². The van der Waals surface area contributed by atoms with Gasteiger partial charge in [-0.2, -0.15) is 0 Å². The molecule has 0 atom stereocenters. The molecule has 3 heteroatoms. The Bertz CT molecular complexity index is 396. The Labute approximate surface area is 80.9 Å². The minimum Gasteiger partial charge on any atom is -0.396 e. The lowest BCUT2D eigenvalue weighted by Crippen LogP contribution is -1.89. The Morgan fingerprint density at radius 1 is 1.46 bits per heavy atom. The molecular weight excluding hydrogens is 182 g/mol. The Kier molecular flexibility index (Phi) is 2.57. The van der Waals surface area contributed by atoms with Crippen molar-refractivity contribution in [3.05, 3.63) is 29.3 Å². The number of rotatable bonds is 3. The fraction of sp³-hybridized carbons (Fsp3) is 0.300. The van der Waals surface area contributed by atoms with Crippen LogP contribution in [-0.2, 0) is 6.42 Å². The standard InChI is InChI=1S/C10H11NOS/c12-4-1-2-8-6-10-9(11-7-8)3-5-13-10/h3,5-7,12H,1-2,4H2. The van der Waals surface area contributed by atoms with Crippen LogP contribution in [0.25, 0.3) is 10.2 Å². The molecule has 2 rings (SSSR count).